The lowest BCUT2D eigenvalue weighted by atomic mass is 9.95. The molecule has 2 heterocycles. The molecule has 0 bridgehead atoms. The van der Waals surface area contributed by atoms with E-state index in [-0.39, 0.29) is 5.91 Å². The molecule has 1 aliphatic carbocycles. The van der Waals surface area contributed by atoms with E-state index in [2.05, 4.69) is 15.7 Å². The first-order valence-electron chi connectivity index (χ1n) is 8.29. The average Bonchev–Trinajstić information content (AvgIpc) is 3.21. The first kappa shape index (κ1) is 15.5. The Kier molecular flexibility index (Phi) is 4.49. The van der Waals surface area contributed by atoms with Crippen molar-refractivity contribution in [2.45, 2.75) is 57.2 Å². The molecule has 2 fully saturated rings. The van der Waals surface area contributed by atoms with E-state index in [1.165, 1.54) is 18.7 Å². The molecular weight excluding hydrogens is 280 g/mol. The van der Waals surface area contributed by atoms with E-state index in [1.54, 1.807) is 11.8 Å². The Bertz CT molecular complexity index is 516. The van der Waals surface area contributed by atoms with Gasteiger partial charge in [0.2, 0.25) is 5.91 Å². The lowest BCUT2D eigenvalue weighted by molar-refractivity contribution is -0.135. The fraction of sp³-hybridized carbons (Fsp3) is 0.750. The SMILES string of the molecule is CC(O)C(N)C(=O)N1CCC(c2nccn2CC2CC2)CC1. The van der Waals surface area contributed by atoms with Crippen molar-refractivity contribution < 1.29 is 9.90 Å². The van der Waals surface area contributed by atoms with Gasteiger partial charge in [-0.3, -0.25) is 4.79 Å². The molecule has 0 spiro atoms. The molecule has 1 aromatic heterocycles. The fourth-order valence-corrected chi connectivity index (χ4v) is 3.19. The van der Waals surface area contributed by atoms with E-state index < -0.39 is 12.1 Å². The van der Waals surface area contributed by atoms with Crippen molar-refractivity contribution in [1.29, 1.82) is 0 Å². The molecule has 1 saturated heterocycles. The first-order valence-corrected chi connectivity index (χ1v) is 8.29. The summed E-state index contributed by atoms with van der Waals surface area (Å²) in [6.45, 7) is 4.03. The summed E-state index contributed by atoms with van der Waals surface area (Å²) in [7, 11) is 0. The Morgan fingerprint density at radius 1 is 1.41 bits per heavy atom. The highest BCUT2D eigenvalue weighted by Gasteiger charge is 2.31. The molecule has 1 saturated carbocycles. The number of nitrogens with two attached hydrogens (primary N) is 1. The van der Waals surface area contributed by atoms with Crippen LogP contribution in [0.15, 0.2) is 12.4 Å². The molecule has 0 radical (unpaired) electrons. The van der Waals surface area contributed by atoms with E-state index in [0.29, 0.717) is 19.0 Å². The van der Waals surface area contributed by atoms with Crippen molar-refractivity contribution in [1.82, 2.24) is 14.5 Å². The molecule has 3 N–H and O–H groups in total. The number of aromatic nitrogens is 2. The Labute approximate surface area is 131 Å². The van der Waals surface area contributed by atoms with Gasteiger partial charge in [0.1, 0.15) is 11.9 Å². The van der Waals surface area contributed by atoms with Crippen LogP contribution in [0.25, 0.3) is 0 Å². The van der Waals surface area contributed by atoms with Crippen LogP contribution in [-0.4, -0.2) is 50.7 Å². The summed E-state index contributed by atoms with van der Waals surface area (Å²) in [6, 6.07) is -0.812. The third-order valence-electron chi connectivity index (χ3n) is 4.88. The predicted molar refractivity (Wildman–Crippen MR) is 83.2 cm³/mol. The monoisotopic (exact) mass is 306 g/mol. The van der Waals surface area contributed by atoms with Gasteiger partial charge < -0.3 is 20.3 Å². The minimum atomic E-state index is -0.812. The summed E-state index contributed by atoms with van der Waals surface area (Å²) in [4.78, 5) is 18.5. The number of rotatable bonds is 5. The van der Waals surface area contributed by atoms with Crippen LogP contribution in [0.2, 0.25) is 0 Å². The highest BCUT2D eigenvalue weighted by Crippen LogP contribution is 2.33. The molecule has 1 aromatic rings. The maximum absolute atomic E-state index is 12.2. The predicted octanol–water partition coefficient (Wildman–Crippen LogP) is 0.707. The summed E-state index contributed by atoms with van der Waals surface area (Å²) in [6.07, 6.45) is 7.67. The third kappa shape index (κ3) is 3.33. The van der Waals surface area contributed by atoms with Gasteiger partial charge in [-0.05, 0) is 38.5 Å². The van der Waals surface area contributed by atoms with Crippen molar-refractivity contribution in [2.75, 3.05) is 13.1 Å². The largest absolute Gasteiger partial charge is 0.391 e. The Hall–Kier alpha value is -1.40. The van der Waals surface area contributed by atoms with E-state index in [4.69, 9.17) is 5.73 Å². The Morgan fingerprint density at radius 2 is 2.09 bits per heavy atom. The molecule has 6 nitrogen and oxygen atoms in total. The van der Waals surface area contributed by atoms with Crippen LogP contribution in [0.1, 0.15) is 44.3 Å². The molecule has 2 unspecified atom stereocenters. The van der Waals surface area contributed by atoms with Crippen molar-refractivity contribution in [2.24, 2.45) is 11.7 Å². The molecule has 22 heavy (non-hydrogen) atoms. The lowest BCUT2D eigenvalue weighted by Crippen LogP contribution is -2.51. The maximum Gasteiger partial charge on any atom is 0.242 e. The molecular formula is C16H26N4O2. The van der Waals surface area contributed by atoms with Gasteiger partial charge in [-0.25, -0.2) is 4.98 Å². The zero-order chi connectivity index (χ0) is 15.7. The average molecular weight is 306 g/mol. The van der Waals surface area contributed by atoms with Gasteiger partial charge >= 0.3 is 0 Å². The zero-order valence-electron chi connectivity index (χ0n) is 13.2. The zero-order valence-corrected chi connectivity index (χ0v) is 13.2. The second-order valence-electron chi connectivity index (χ2n) is 6.75. The second-order valence-corrected chi connectivity index (χ2v) is 6.75. The number of likely N-dealkylation sites (tertiary alicyclic amines) is 1. The van der Waals surface area contributed by atoms with Crippen LogP contribution in [0.4, 0.5) is 0 Å². The number of nitrogens with zero attached hydrogens (tertiary/aromatic N) is 3. The molecule has 3 rings (SSSR count). The summed E-state index contributed by atoms with van der Waals surface area (Å²) >= 11 is 0. The van der Waals surface area contributed by atoms with Gasteiger partial charge in [0, 0.05) is 37.9 Å². The number of amides is 1. The van der Waals surface area contributed by atoms with Crippen LogP contribution >= 0.6 is 0 Å². The molecule has 122 valence electrons. The van der Waals surface area contributed by atoms with Crippen molar-refractivity contribution >= 4 is 5.91 Å². The van der Waals surface area contributed by atoms with Gasteiger partial charge in [0.25, 0.3) is 0 Å². The number of piperidine rings is 1. The number of carbonyl (C=O) groups excluding carboxylic acids is 1. The highest BCUT2D eigenvalue weighted by molar-refractivity contribution is 5.82. The van der Waals surface area contributed by atoms with Crippen molar-refractivity contribution in [3.8, 4) is 0 Å². The lowest BCUT2D eigenvalue weighted by Gasteiger charge is -2.34. The highest BCUT2D eigenvalue weighted by atomic mass is 16.3. The van der Waals surface area contributed by atoms with E-state index in [1.807, 2.05) is 6.20 Å². The smallest absolute Gasteiger partial charge is 0.242 e. The topological polar surface area (TPSA) is 84.4 Å². The third-order valence-corrected chi connectivity index (χ3v) is 4.88. The first-order chi connectivity index (χ1) is 10.6. The minimum absolute atomic E-state index is 0.144. The van der Waals surface area contributed by atoms with E-state index in [0.717, 1.165) is 25.3 Å². The van der Waals surface area contributed by atoms with Gasteiger partial charge in [0.15, 0.2) is 0 Å². The molecule has 1 amide bonds. The summed E-state index contributed by atoms with van der Waals surface area (Å²) in [5, 5.41) is 9.46. The van der Waals surface area contributed by atoms with Gasteiger partial charge in [0.05, 0.1) is 6.10 Å². The minimum Gasteiger partial charge on any atom is -0.391 e. The van der Waals surface area contributed by atoms with E-state index >= 15 is 0 Å². The van der Waals surface area contributed by atoms with Gasteiger partial charge in [-0.1, -0.05) is 0 Å². The van der Waals surface area contributed by atoms with Crippen LogP contribution < -0.4 is 5.73 Å². The Morgan fingerprint density at radius 3 is 2.68 bits per heavy atom. The standard InChI is InChI=1S/C16H26N4O2/c1-11(21)14(17)16(22)19-7-4-13(5-8-19)15-18-6-9-20(15)10-12-2-3-12/h6,9,11-14,21H,2-5,7-8,10,17H2,1H3. The normalized spacial score (nSPS) is 22.6. The maximum atomic E-state index is 12.2. The van der Waals surface area contributed by atoms with Crippen LogP contribution in [-0.2, 0) is 11.3 Å². The molecule has 2 atom stereocenters. The van der Waals surface area contributed by atoms with Crippen LogP contribution in [0, 0.1) is 5.92 Å². The molecule has 0 aromatic carbocycles. The van der Waals surface area contributed by atoms with Crippen LogP contribution in [0.3, 0.4) is 0 Å². The van der Waals surface area contributed by atoms with Crippen LogP contribution in [0.5, 0.6) is 0 Å². The quantitative estimate of drug-likeness (QED) is 0.839. The summed E-state index contributed by atoms with van der Waals surface area (Å²) in [5.74, 6) is 2.27. The molecule has 1 aliphatic heterocycles. The number of hydrogen-bond donors (Lipinski definition) is 2. The number of imidazole rings is 1. The second kappa shape index (κ2) is 6.38. The van der Waals surface area contributed by atoms with Gasteiger partial charge in [-0.15, -0.1) is 0 Å². The van der Waals surface area contributed by atoms with E-state index in [9.17, 15) is 9.90 Å². The molecule has 6 heteroatoms. The Balaban J connectivity index is 1.57. The number of aliphatic hydroxyl groups excluding tert-OH is 1. The number of hydrogen-bond acceptors (Lipinski definition) is 4. The fourth-order valence-electron chi connectivity index (χ4n) is 3.19. The number of aliphatic hydroxyl groups is 1. The molecule has 2 aliphatic rings. The van der Waals surface area contributed by atoms with Crippen molar-refractivity contribution in [3.63, 3.8) is 0 Å². The number of carbonyl (C=O) groups is 1. The summed E-state index contributed by atoms with van der Waals surface area (Å²) in [5.41, 5.74) is 5.75. The summed E-state index contributed by atoms with van der Waals surface area (Å²) < 4.78 is 2.29. The van der Waals surface area contributed by atoms with Crippen molar-refractivity contribution in [3.05, 3.63) is 18.2 Å². The van der Waals surface area contributed by atoms with Gasteiger partial charge in [-0.2, -0.15) is 0 Å².